The molecule has 114 valence electrons. The van der Waals surface area contributed by atoms with Gasteiger partial charge in [0, 0.05) is 18.5 Å². The summed E-state index contributed by atoms with van der Waals surface area (Å²) in [5, 5.41) is 5.37. The van der Waals surface area contributed by atoms with E-state index in [1.54, 1.807) is 45.7 Å². The van der Waals surface area contributed by atoms with Crippen LogP contribution in [0.4, 0.5) is 10.6 Å². The zero-order valence-corrected chi connectivity index (χ0v) is 12.7. The summed E-state index contributed by atoms with van der Waals surface area (Å²) < 4.78 is 15.7. The second-order valence-corrected chi connectivity index (χ2v) is 6.23. The van der Waals surface area contributed by atoms with Crippen LogP contribution in [0.2, 0.25) is 0 Å². The zero-order chi connectivity index (χ0) is 14.8. The van der Waals surface area contributed by atoms with Gasteiger partial charge in [-0.3, -0.25) is 17.9 Å². The Hall–Kier alpha value is -1.35. The fourth-order valence-electron chi connectivity index (χ4n) is 1.50. The Labute approximate surface area is 120 Å². The molecule has 0 bridgehead atoms. The first kappa shape index (κ1) is 16.7. The van der Waals surface area contributed by atoms with Gasteiger partial charge in [-0.1, -0.05) is 6.07 Å². The maximum Gasteiger partial charge on any atom is 0.320 e. The average Bonchev–Trinajstić information content (AvgIpc) is 2.49. The van der Waals surface area contributed by atoms with Gasteiger partial charge in [-0.25, -0.2) is 9.78 Å². The van der Waals surface area contributed by atoms with Crippen LogP contribution in [0.3, 0.4) is 0 Å². The van der Waals surface area contributed by atoms with Crippen LogP contribution < -0.4 is 10.6 Å². The third-order valence-corrected chi connectivity index (χ3v) is 4.84. The van der Waals surface area contributed by atoms with E-state index < -0.39 is 10.9 Å². The largest absolute Gasteiger partial charge is 0.338 e. The Morgan fingerprint density at radius 1 is 1.25 bits per heavy atom. The SMILES string of the molecule is COS(CCCNC(=O)Nc1ccccn1)(OC)OC. The molecule has 0 aliphatic carbocycles. The molecule has 0 saturated carbocycles. The molecule has 2 N–H and O–H groups in total. The van der Waals surface area contributed by atoms with Crippen molar-refractivity contribution in [3.8, 4) is 0 Å². The lowest BCUT2D eigenvalue weighted by Crippen LogP contribution is -2.30. The van der Waals surface area contributed by atoms with Crippen molar-refractivity contribution in [3.05, 3.63) is 24.4 Å². The number of pyridine rings is 1. The van der Waals surface area contributed by atoms with Gasteiger partial charge in [-0.05, 0) is 18.6 Å². The Bertz CT molecular complexity index is 393. The number of carbonyl (C=O) groups excluding carboxylic acids is 1. The molecule has 0 aliphatic heterocycles. The number of hydrogen-bond donors (Lipinski definition) is 2. The standard InChI is InChI=1S/C12H21N3O4S/c1-17-20(18-2,19-3)10-6-9-14-12(16)15-11-7-4-5-8-13-11/h4-5,7-8H,6,9-10H2,1-3H3,(H2,13,14,15,16). The molecule has 0 fully saturated rings. The number of rotatable bonds is 8. The van der Waals surface area contributed by atoms with E-state index in [2.05, 4.69) is 15.6 Å². The number of nitrogens with one attached hydrogen (secondary N) is 2. The fourth-order valence-corrected chi connectivity index (χ4v) is 2.91. The van der Waals surface area contributed by atoms with Gasteiger partial charge in [0.15, 0.2) is 0 Å². The summed E-state index contributed by atoms with van der Waals surface area (Å²) in [4.78, 5) is 15.6. The molecule has 2 amide bonds. The highest BCUT2D eigenvalue weighted by molar-refractivity contribution is 8.21. The van der Waals surface area contributed by atoms with Gasteiger partial charge in [0.25, 0.3) is 0 Å². The summed E-state index contributed by atoms with van der Waals surface area (Å²) in [6.45, 7) is 0.490. The predicted molar refractivity (Wildman–Crippen MR) is 79.4 cm³/mol. The number of hydrogen-bond acceptors (Lipinski definition) is 5. The summed E-state index contributed by atoms with van der Waals surface area (Å²) in [6.07, 6.45) is 2.30. The Balaban J connectivity index is 2.25. The zero-order valence-electron chi connectivity index (χ0n) is 11.9. The number of aromatic nitrogens is 1. The molecule has 0 aliphatic rings. The predicted octanol–water partition coefficient (Wildman–Crippen LogP) is 2.08. The molecule has 1 aromatic rings. The van der Waals surface area contributed by atoms with E-state index in [1.165, 1.54) is 0 Å². The van der Waals surface area contributed by atoms with Crippen molar-refractivity contribution in [2.45, 2.75) is 6.42 Å². The second-order valence-electron chi connectivity index (χ2n) is 3.71. The third kappa shape index (κ3) is 5.33. The van der Waals surface area contributed by atoms with Gasteiger partial charge in [0.1, 0.15) is 5.82 Å². The molecule has 1 rings (SSSR count). The van der Waals surface area contributed by atoms with Crippen molar-refractivity contribution in [1.82, 2.24) is 10.3 Å². The summed E-state index contributed by atoms with van der Waals surface area (Å²) in [7, 11) is 2.68. The van der Waals surface area contributed by atoms with Gasteiger partial charge >= 0.3 is 6.03 Å². The van der Waals surface area contributed by atoms with Crippen molar-refractivity contribution < 1.29 is 17.3 Å². The van der Waals surface area contributed by atoms with Crippen LogP contribution in [0.15, 0.2) is 24.4 Å². The Morgan fingerprint density at radius 3 is 2.50 bits per heavy atom. The first-order valence-corrected chi connectivity index (χ1v) is 7.67. The maximum atomic E-state index is 11.6. The smallest absolute Gasteiger partial charge is 0.320 e. The summed E-state index contributed by atoms with van der Waals surface area (Å²) >= 11 is 0. The average molecular weight is 303 g/mol. The van der Waals surface area contributed by atoms with Crippen LogP contribution in [0.1, 0.15) is 6.42 Å². The molecule has 1 heterocycles. The molecular weight excluding hydrogens is 282 g/mol. The lowest BCUT2D eigenvalue weighted by Gasteiger charge is -2.33. The molecule has 0 saturated heterocycles. The monoisotopic (exact) mass is 303 g/mol. The molecule has 0 atom stereocenters. The van der Waals surface area contributed by atoms with Crippen LogP contribution in [-0.2, 0) is 12.5 Å². The number of amides is 2. The van der Waals surface area contributed by atoms with Gasteiger partial charge in [0.05, 0.1) is 32.2 Å². The van der Waals surface area contributed by atoms with E-state index in [1.807, 2.05) is 0 Å². The van der Waals surface area contributed by atoms with Crippen LogP contribution >= 0.6 is 10.9 Å². The van der Waals surface area contributed by atoms with Gasteiger partial charge < -0.3 is 5.32 Å². The van der Waals surface area contributed by atoms with Crippen LogP contribution in [0.5, 0.6) is 0 Å². The normalized spacial score (nSPS) is 11.9. The first-order chi connectivity index (χ1) is 9.65. The highest BCUT2D eigenvalue weighted by Gasteiger charge is 2.22. The van der Waals surface area contributed by atoms with Crippen molar-refractivity contribution in [2.24, 2.45) is 0 Å². The molecular formula is C12H21N3O4S. The van der Waals surface area contributed by atoms with Gasteiger partial charge in [-0.2, -0.15) is 0 Å². The summed E-state index contributed by atoms with van der Waals surface area (Å²) in [5.41, 5.74) is 0. The van der Waals surface area contributed by atoms with E-state index in [-0.39, 0.29) is 6.03 Å². The van der Waals surface area contributed by atoms with Crippen molar-refractivity contribution in [3.63, 3.8) is 0 Å². The Kier molecular flexibility index (Phi) is 7.31. The molecule has 7 nitrogen and oxygen atoms in total. The van der Waals surface area contributed by atoms with Crippen molar-refractivity contribution >= 4 is 22.7 Å². The summed E-state index contributed by atoms with van der Waals surface area (Å²) in [5.74, 6) is 1.09. The van der Waals surface area contributed by atoms with Crippen molar-refractivity contribution in [2.75, 3.05) is 38.9 Å². The van der Waals surface area contributed by atoms with Crippen LogP contribution in [0.25, 0.3) is 0 Å². The lowest BCUT2D eigenvalue weighted by atomic mass is 10.4. The quantitative estimate of drug-likeness (QED) is 0.719. The van der Waals surface area contributed by atoms with Crippen LogP contribution in [-0.4, -0.2) is 44.6 Å². The van der Waals surface area contributed by atoms with Gasteiger partial charge in [-0.15, -0.1) is 0 Å². The number of anilines is 1. The van der Waals surface area contributed by atoms with Gasteiger partial charge in [0.2, 0.25) is 0 Å². The molecule has 0 unspecified atom stereocenters. The third-order valence-electron chi connectivity index (χ3n) is 2.52. The Morgan fingerprint density at radius 2 is 1.95 bits per heavy atom. The highest BCUT2D eigenvalue weighted by atomic mass is 32.3. The first-order valence-electron chi connectivity index (χ1n) is 6.09. The molecule has 0 spiro atoms. The number of nitrogens with zero attached hydrogens (tertiary/aromatic N) is 1. The topological polar surface area (TPSA) is 81.7 Å². The van der Waals surface area contributed by atoms with Crippen LogP contribution in [0, 0.1) is 0 Å². The van der Waals surface area contributed by atoms with E-state index >= 15 is 0 Å². The number of urea groups is 1. The van der Waals surface area contributed by atoms with Crippen molar-refractivity contribution in [1.29, 1.82) is 0 Å². The minimum Gasteiger partial charge on any atom is -0.338 e. The minimum absolute atomic E-state index is 0.295. The molecule has 20 heavy (non-hydrogen) atoms. The summed E-state index contributed by atoms with van der Waals surface area (Å²) in [6, 6.07) is 5.01. The molecule has 0 aromatic carbocycles. The highest BCUT2D eigenvalue weighted by Crippen LogP contribution is 2.49. The molecule has 1 aromatic heterocycles. The minimum atomic E-state index is -1.95. The molecule has 0 radical (unpaired) electrons. The molecule has 8 heteroatoms. The number of carbonyl (C=O) groups is 1. The fraction of sp³-hybridized carbons (Fsp3) is 0.500. The van der Waals surface area contributed by atoms with E-state index in [9.17, 15) is 4.79 Å². The van der Waals surface area contributed by atoms with E-state index in [0.717, 1.165) is 0 Å². The lowest BCUT2D eigenvalue weighted by molar-refractivity contribution is 0.245. The maximum absolute atomic E-state index is 11.6. The second kappa shape index (κ2) is 8.75. The van der Waals surface area contributed by atoms with E-state index in [4.69, 9.17) is 12.5 Å². The van der Waals surface area contributed by atoms with E-state index in [0.29, 0.717) is 24.5 Å².